The van der Waals surface area contributed by atoms with Crippen molar-refractivity contribution in [3.05, 3.63) is 65.6 Å². The van der Waals surface area contributed by atoms with E-state index in [2.05, 4.69) is 26.0 Å². The Kier molecular flexibility index (Phi) is 12.0. The molecule has 15 heteroatoms. The Morgan fingerprint density at radius 3 is 2.43 bits per heavy atom. The van der Waals surface area contributed by atoms with Crippen LogP contribution in [-0.4, -0.2) is 71.0 Å². The fourth-order valence-electron chi connectivity index (χ4n) is 5.34. The quantitative estimate of drug-likeness (QED) is 0.191. The summed E-state index contributed by atoms with van der Waals surface area (Å²) < 4.78 is 73.0. The molecule has 0 spiro atoms. The summed E-state index contributed by atoms with van der Waals surface area (Å²) in [7, 11) is 1.46. The number of hydrogen-bond acceptors (Lipinski definition) is 8. The van der Waals surface area contributed by atoms with Gasteiger partial charge in [-0.3, -0.25) is 0 Å². The summed E-state index contributed by atoms with van der Waals surface area (Å²) in [4.78, 5) is 29.7. The van der Waals surface area contributed by atoms with Crippen molar-refractivity contribution in [2.45, 2.75) is 89.1 Å². The van der Waals surface area contributed by atoms with Gasteiger partial charge in [-0.1, -0.05) is 30.3 Å². The van der Waals surface area contributed by atoms with Crippen LogP contribution >= 0.6 is 0 Å². The summed E-state index contributed by atoms with van der Waals surface area (Å²) in [6, 6.07) is 7.65. The van der Waals surface area contributed by atoms with Crippen molar-refractivity contribution in [3.8, 4) is 0 Å². The van der Waals surface area contributed by atoms with Gasteiger partial charge in [-0.15, -0.1) is 0 Å². The van der Waals surface area contributed by atoms with Gasteiger partial charge >= 0.3 is 12.2 Å². The third kappa shape index (κ3) is 10.8. The number of carbonyl (C=O) groups excluding carboxylic acids is 2. The summed E-state index contributed by atoms with van der Waals surface area (Å²) in [5.41, 5.74) is 1.30. The van der Waals surface area contributed by atoms with Crippen molar-refractivity contribution in [2.24, 2.45) is 5.92 Å². The van der Waals surface area contributed by atoms with Gasteiger partial charge in [0, 0.05) is 26.5 Å². The van der Waals surface area contributed by atoms with E-state index in [1.807, 2.05) is 0 Å². The molecule has 0 saturated heterocycles. The normalized spacial score (nSPS) is 17.2. The number of ether oxygens (including phenoxy) is 3. The number of benzene rings is 1. The van der Waals surface area contributed by atoms with Gasteiger partial charge in [0.1, 0.15) is 18.2 Å². The van der Waals surface area contributed by atoms with Gasteiger partial charge < -0.3 is 30.2 Å². The van der Waals surface area contributed by atoms with E-state index >= 15 is 0 Å². The van der Waals surface area contributed by atoms with Crippen LogP contribution in [0.15, 0.2) is 48.8 Å². The van der Waals surface area contributed by atoms with Gasteiger partial charge in [0.25, 0.3) is 6.43 Å². The third-order valence-electron chi connectivity index (χ3n) is 7.72. The van der Waals surface area contributed by atoms with Gasteiger partial charge in [-0.25, -0.2) is 36.7 Å². The van der Waals surface area contributed by atoms with E-state index in [-0.39, 0.29) is 51.4 Å². The van der Waals surface area contributed by atoms with Gasteiger partial charge in [-0.2, -0.15) is 5.10 Å². The number of carbonyl (C=O) groups is 2. The second-order valence-corrected chi connectivity index (χ2v) is 12.6. The van der Waals surface area contributed by atoms with Crippen LogP contribution in [0, 0.1) is 5.92 Å². The van der Waals surface area contributed by atoms with Crippen LogP contribution in [0.4, 0.5) is 27.2 Å². The lowest BCUT2D eigenvalue weighted by Gasteiger charge is -2.33. The number of imidazole rings is 1. The molecule has 2 heterocycles. The largest absolute Gasteiger partial charge is 0.445 e. The SMILES string of the molecule is COC[C@@H](NC[C@H](NC(=O)OCc1ccccc1)C(F)F)c1cnn2cc([C@@H](NC(=O)OC(C)(C)C)C3CCC(F)(F)CC3)nc2c1. The Hall–Kier alpha value is -3.98. The highest BCUT2D eigenvalue weighted by Crippen LogP contribution is 2.41. The van der Waals surface area contributed by atoms with Crippen LogP contribution in [0.5, 0.6) is 0 Å². The first-order valence-electron chi connectivity index (χ1n) is 15.4. The second-order valence-electron chi connectivity index (χ2n) is 12.6. The fraction of sp³-hybridized carbons (Fsp3) is 0.562. The highest BCUT2D eigenvalue weighted by molar-refractivity contribution is 5.68. The number of fused-ring (bicyclic) bond motifs is 1. The topological polar surface area (TPSA) is 128 Å². The molecule has 1 fully saturated rings. The Labute approximate surface area is 270 Å². The van der Waals surface area contributed by atoms with E-state index in [0.29, 0.717) is 22.5 Å². The average molecular weight is 667 g/mol. The first kappa shape index (κ1) is 35.9. The summed E-state index contributed by atoms with van der Waals surface area (Å²) in [5, 5.41) is 12.5. The zero-order valence-corrected chi connectivity index (χ0v) is 26.9. The molecular formula is C32H42F4N6O5. The predicted octanol–water partition coefficient (Wildman–Crippen LogP) is 5.96. The van der Waals surface area contributed by atoms with Gasteiger partial charge in [0.15, 0.2) is 5.65 Å². The lowest BCUT2D eigenvalue weighted by atomic mass is 9.81. The molecule has 2 amide bonds. The molecule has 0 bridgehead atoms. The van der Waals surface area contributed by atoms with Crippen molar-refractivity contribution in [3.63, 3.8) is 0 Å². The van der Waals surface area contributed by atoms with Crippen molar-refractivity contribution in [1.82, 2.24) is 30.5 Å². The van der Waals surface area contributed by atoms with Crippen LogP contribution in [0.3, 0.4) is 0 Å². The minimum atomic E-state index is -2.89. The lowest BCUT2D eigenvalue weighted by Crippen LogP contribution is -2.47. The molecule has 1 saturated carbocycles. The molecule has 4 rings (SSSR count). The van der Waals surface area contributed by atoms with Crippen molar-refractivity contribution >= 4 is 17.8 Å². The Morgan fingerprint density at radius 2 is 1.79 bits per heavy atom. The van der Waals surface area contributed by atoms with E-state index < -0.39 is 48.3 Å². The molecule has 258 valence electrons. The molecule has 1 aliphatic carbocycles. The van der Waals surface area contributed by atoms with Gasteiger partial charge in [-0.05, 0) is 56.7 Å². The number of halogens is 4. The van der Waals surface area contributed by atoms with E-state index in [1.165, 1.54) is 17.8 Å². The molecule has 3 aromatic rings. The van der Waals surface area contributed by atoms with Gasteiger partial charge in [0.2, 0.25) is 5.92 Å². The maximum Gasteiger partial charge on any atom is 0.408 e. The van der Waals surface area contributed by atoms with E-state index in [1.54, 1.807) is 63.4 Å². The Morgan fingerprint density at radius 1 is 1.09 bits per heavy atom. The minimum absolute atomic E-state index is 0.0677. The van der Waals surface area contributed by atoms with Gasteiger partial charge in [0.05, 0.1) is 36.8 Å². The number of alkyl halides is 4. The number of alkyl carbamates (subject to hydrolysis) is 2. The molecule has 3 N–H and O–H groups in total. The van der Waals surface area contributed by atoms with E-state index in [9.17, 15) is 27.2 Å². The summed E-state index contributed by atoms with van der Waals surface area (Å²) in [6.45, 7) is 4.87. The Bertz CT molecular complexity index is 1460. The van der Waals surface area contributed by atoms with Crippen LogP contribution in [-0.2, 0) is 20.8 Å². The first-order chi connectivity index (χ1) is 22.2. The molecule has 2 aromatic heterocycles. The number of hydrogen-bond donors (Lipinski definition) is 3. The highest BCUT2D eigenvalue weighted by Gasteiger charge is 2.40. The number of nitrogens with zero attached hydrogens (tertiary/aromatic N) is 3. The summed E-state index contributed by atoms with van der Waals surface area (Å²) in [5.74, 6) is -3.07. The highest BCUT2D eigenvalue weighted by atomic mass is 19.3. The molecule has 1 aliphatic rings. The van der Waals surface area contributed by atoms with Crippen molar-refractivity contribution < 1.29 is 41.4 Å². The first-order valence-corrected chi connectivity index (χ1v) is 15.4. The van der Waals surface area contributed by atoms with E-state index in [0.717, 1.165) is 0 Å². The molecule has 47 heavy (non-hydrogen) atoms. The van der Waals surface area contributed by atoms with Crippen LogP contribution in [0.2, 0.25) is 0 Å². The standard InChI is InChI=1S/C32H42F4N6O5/c1-31(2,3)47-30(44)41-27(21-10-12-32(35,36)13-11-21)24-17-42-26(39-24)14-22(15-38-42)25(19-45-4)37-16-23(28(33)34)40-29(43)46-18-20-8-6-5-7-9-20/h5-9,14-15,17,21,23,25,27-28,37H,10-13,16,18-19H2,1-4H3,(H,40,43)(H,41,44)/t23-,25+,27-/m0/s1. The van der Waals surface area contributed by atoms with Crippen LogP contribution < -0.4 is 16.0 Å². The maximum absolute atomic E-state index is 14.0. The second kappa shape index (κ2) is 15.7. The number of aromatic nitrogens is 3. The minimum Gasteiger partial charge on any atom is -0.445 e. The zero-order valence-electron chi connectivity index (χ0n) is 26.9. The molecular weight excluding hydrogens is 624 g/mol. The van der Waals surface area contributed by atoms with E-state index in [4.69, 9.17) is 14.2 Å². The average Bonchev–Trinajstić information content (AvgIpc) is 3.43. The third-order valence-corrected chi connectivity index (χ3v) is 7.72. The number of rotatable bonds is 13. The summed E-state index contributed by atoms with van der Waals surface area (Å²) in [6.07, 6.45) is -1.67. The monoisotopic (exact) mass is 666 g/mol. The molecule has 3 atom stereocenters. The van der Waals surface area contributed by atoms with Crippen molar-refractivity contribution in [2.75, 3.05) is 20.3 Å². The molecule has 11 nitrogen and oxygen atoms in total. The van der Waals surface area contributed by atoms with Crippen LogP contribution in [0.1, 0.15) is 75.4 Å². The summed E-state index contributed by atoms with van der Waals surface area (Å²) >= 11 is 0. The molecule has 0 radical (unpaired) electrons. The number of methoxy groups -OCH3 is 1. The molecule has 0 aliphatic heterocycles. The fourth-order valence-corrected chi connectivity index (χ4v) is 5.34. The number of nitrogens with one attached hydrogen (secondary N) is 3. The maximum atomic E-state index is 14.0. The number of amides is 2. The van der Waals surface area contributed by atoms with Crippen LogP contribution in [0.25, 0.3) is 5.65 Å². The predicted molar refractivity (Wildman–Crippen MR) is 164 cm³/mol. The molecule has 0 unspecified atom stereocenters. The molecule has 1 aromatic carbocycles. The smallest absolute Gasteiger partial charge is 0.408 e. The van der Waals surface area contributed by atoms with Crippen molar-refractivity contribution in [1.29, 1.82) is 0 Å². The Balaban J connectivity index is 1.47. The zero-order chi connectivity index (χ0) is 34.2. The lowest BCUT2D eigenvalue weighted by molar-refractivity contribution is -0.0500.